The minimum atomic E-state index is -0.838. The molecule has 1 aromatic rings. The molecule has 0 saturated heterocycles. The van der Waals surface area contributed by atoms with Crippen LogP contribution in [-0.4, -0.2) is 44.7 Å². The first-order valence-corrected chi connectivity index (χ1v) is 7.79. The molecule has 2 heterocycles. The predicted molar refractivity (Wildman–Crippen MR) is 82.3 cm³/mol. The third kappa shape index (κ3) is 3.60. The molecule has 23 heavy (non-hydrogen) atoms. The number of hydrogen-bond donors (Lipinski definition) is 0. The van der Waals surface area contributed by atoms with Crippen LogP contribution in [0.3, 0.4) is 0 Å². The van der Waals surface area contributed by atoms with Crippen LogP contribution in [0.25, 0.3) is 0 Å². The maximum Gasteiger partial charge on any atom is 0.411 e. The van der Waals surface area contributed by atoms with E-state index in [1.54, 1.807) is 27.7 Å². The maximum absolute atomic E-state index is 13.1. The van der Waals surface area contributed by atoms with Crippen molar-refractivity contribution in [3.8, 4) is 0 Å². The van der Waals surface area contributed by atoms with Crippen molar-refractivity contribution in [3.05, 3.63) is 17.2 Å². The molecule has 0 bridgehead atoms. The number of ether oxygens (including phenoxy) is 2. The first-order chi connectivity index (χ1) is 10.7. The summed E-state index contributed by atoms with van der Waals surface area (Å²) in [5.74, 6) is -0.0845. The average molecular weight is 345 g/mol. The Morgan fingerprint density at radius 1 is 1.39 bits per heavy atom. The van der Waals surface area contributed by atoms with E-state index in [1.165, 1.54) is 16.0 Å². The number of aryl methyl sites for hydroxylation is 1. The van der Waals surface area contributed by atoms with E-state index in [0.717, 1.165) is 0 Å². The highest BCUT2D eigenvalue weighted by Gasteiger charge is 2.40. The number of methoxy groups -OCH3 is 1. The van der Waals surface area contributed by atoms with Gasteiger partial charge in [-0.1, -0.05) is 0 Å². The number of rotatable bonds is 2. The molecule has 1 aromatic heterocycles. The minimum absolute atomic E-state index is 0.0182. The molecular weight excluding hydrogens is 325 g/mol. The van der Waals surface area contributed by atoms with Crippen LogP contribution in [0.15, 0.2) is 0 Å². The molecule has 7 nitrogen and oxygen atoms in total. The van der Waals surface area contributed by atoms with Crippen LogP contribution in [0.2, 0.25) is 0 Å². The molecule has 1 aliphatic rings. The number of carbonyl (C=O) groups excluding carboxylic acids is 2. The van der Waals surface area contributed by atoms with E-state index < -0.39 is 23.7 Å². The first-order valence-electron chi connectivity index (χ1n) is 7.11. The van der Waals surface area contributed by atoms with Gasteiger partial charge in [-0.3, -0.25) is 4.90 Å². The number of halogens is 1. The summed E-state index contributed by atoms with van der Waals surface area (Å²) in [6.45, 7) is 6.90. The van der Waals surface area contributed by atoms with Crippen molar-refractivity contribution in [2.45, 2.75) is 52.3 Å². The van der Waals surface area contributed by atoms with Crippen LogP contribution < -0.4 is 0 Å². The number of aromatic nitrogens is 2. The third-order valence-corrected chi connectivity index (χ3v) is 4.04. The lowest BCUT2D eigenvalue weighted by atomic mass is 10.0. The van der Waals surface area contributed by atoms with Crippen molar-refractivity contribution in [3.63, 3.8) is 0 Å². The van der Waals surface area contributed by atoms with Crippen LogP contribution in [0.1, 0.15) is 38.0 Å². The number of esters is 1. The van der Waals surface area contributed by atoms with Gasteiger partial charge >= 0.3 is 12.1 Å². The van der Waals surface area contributed by atoms with Gasteiger partial charge in [0.1, 0.15) is 17.5 Å². The smallest absolute Gasteiger partial charge is 0.411 e. The maximum atomic E-state index is 13.1. The number of hydrogen-bond acceptors (Lipinski definition) is 6. The number of amides is 1. The molecule has 1 amide bonds. The quantitative estimate of drug-likeness (QED) is 0.767. The summed E-state index contributed by atoms with van der Waals surface area (Å²) in [6, 6.07) is -0.838. The standard InChI is InChI=1S/C14H20FN3O4S/c1-8-16-9-6-10(12(19)21-5)17(7-11(9)18(8)23-15)13(20)22-14(2,3)4/h10H,6-7H2,1-5H3/t10-/m0/s1. The fraction of sp³-hybridized carbons (Fsp3) is 0.643. The molecule has 0 fully saturated rings. The molecule has 2 rings (SSSR count). The lowest BCUT2D eigenvalue weighted by molar-refractivity contribution is -0.147. The van der Waals surface area contributed by atoms with Crippen molar-refractivity contribution in [2.75, 3.05) is 7.11 Å². The number of nitrogens with zero attached hydrogens (tertiary/aromatic N) is 3. The fourth-order valence-corrected chi connectivity index (χ4v) is 2.84. The van der Waals surface area contributed by atoms with Crippen molar-refractivity contribution >= 4 is 24.4 Å². The van der Waals surface area contributed by atoms with Gasteiger partial charge in [-0.15, -0.1) is 3.89 Å². The molecule has 0 saturated carbocycles. The van der Waals surface area contributed by atoms with E-state index in [9.17, 15) is 13.5 Å². The second-order valence-electron chi connectivity index (χ2n) is 6.27. The van der Waals surface area contributed by atoms with E-state index in [-0.39, 0.29) is 25.3 Å². The predicted octanol–water partition coefficient (Wildman–Crippen LogP) is 2.41. The van der Waals surface area contributed by atoms with E-state index in [0.29, 0.717) is 17.2 Å². The zero-order chi connectivity index (χ0) is 17.4. The van der Waals surface area contributed by atoms with Crippen molar-refractivity contribution in [1.29, 1.82) is 0 Å². The van der Waals surface area contributed by atoms with Gasteiger partial charge in [0.2, 0.25) is 0 Å². The van der Waals surface area contributed by atoms with Crippen molar-refractivity contribution in [2.24, 2.45) is 0 Å². The highest BCUT2D eigenvalue weighted by molar-refractivity contribution is 7.92. The summed E-state index contributed by atoms with van der Waals surface area (Å²) in [4.78, 5) is 30.0. The van der Waals surface area contributed by atoms with Crippen LogP contribution in [0.5, 0.6) is 0 Å². The first kappa shape index (κ1) is 17.6. The lowest BCUT2D eigenvalue weighted by Gasteiger charge is -2.34. The molecule has 0 unspecified atom stereocenters. The number of carbonyl (C=O) groups is 2. The summed E-state index contributed by atoms with van der Waals surface area (Å²) in [5.41, 5.74) is 0.423. The van der Waals surface area contributed by atoms with Crippen molar-refractivity contribution < 1.29 is 22.9 Å². The zero-order valence-electron chi connectivity index (χ0n) is 13.8. The summed E-state index contributed by atoms with van der Waals surface area (Å²) in [6.07, 6.45) is -0.483. The Bertz CT molecular complexity index is 626. The monoisotopic (exact) mass is 345 g/mol. The van der Waals surface area contributed by atoms with Gasteiger partial charge in [0.25, 0.3) is 0 Å². The molecule has 0 aliphatic carbocycles. The van der Waals surface area contributed by atoms with Gasteiger partial charge in [-0.2, -0.15) is 0 Å². The Morgan fingerprint density at radius 3 is 2.57 bits per heavy atom. The van der Waals surface area contributed by atoms with Crippen molar-refractivity contribution in [1.82, 2.24) is 13.9 Å². The highest BCUT2D eigenvalue weighted by atomic mass is 32.2. The minimum Gasteiger partial charge on any atom is -0.467 e. The van der Waals surface area contributed by atoms with E-state index >= 15 is 0 Å². The summed E-state index contributed by atoms with van der Waals surface area (Å²) in [5, 5.41) is 0. The topological polar surface area (TPSA) is 73.7 Å². The van der Waals surface area contributed by atoms with E-state index in [4.69, 9.17) is 9.47 Å². The molecule has 128 valence electrons. The summed E-state index contributed by atoms with van der Waals surface area (Å²) >= 11 is 0.0182. The van der Waals surface area contributed by atoms with Gasteiger partial charge in [0.05, 0.1) is 25.0 Å². The van der Waals surface area contributed by atoms with E-state index in [2.05, 4.69) is 4.98 Å². The fourth-order valence-electron chi connectivity index (χ4n) is 2.45. The molecule has 1 atom stereocenters. The Kier molecular flexibility index (Phi) is 4.88. The summed E-state index contributed by atoms with van der Waals surface area (Å²) < 4.78 is 24.6. The Morgan fingerprint density at radius 2 is 2.04 bits per heavy atom. The third-order valence-electron chi connectivity index (χ3n) is 3.42. The molecule has 9 heteroatoms. The molecule has 0 N–H and O–H groups in total. The van der Waals surface area contributed by atoms with Gasteiger partial charge in [-0.25, -0.2) is 18.5 Å². The second-order valence-corrected chi connectivity index (χ2v) is 6.77. The SMILES string of the molecule is COC(=O)[C@@H]1Cc2nc(C)n(SF)c2CN1C(=O)OC(C)(C)C. The summed E-state index contributed by atoms with van der Waals surface area (Å²) in [7, 11) is 1.26. The van der Waals surface area contributed by atoms with Gasteiger partial charge in [0, 0.05) is 6.42 Å². The Balaban J connectivity index is 2.37. The zero-order valence-corrected chi connectivity index (χ0v) is 14.6. The van der Waals surface area contributed by atoms with Crippen LogP contribution in [0, 0.1) is 6.92 Å². The highest BCUT2D eigenvalue weighted by Crippen LogP contribution is 2.29. The van der Waals surface area contributed by atoms with Crippen LogP contribution >= 0.6 is 12.3 Å². The normalized spacial score (nSPS) is 17.7. The molecule has 0 aromatic carbocycles. The Labute approximate surface area is 138 Å². The molecular formula is C14H20FN3O4S. The molecule has 0 spiro atoms. The van der Waals surface area contributed by atoms with E-state index in [1.807, 2.05) is 0 Å². The number of imidazole rings is 1. The van der Waals surface area contributed by atoms with Crippen LogP contribution in [-0.2, 0) is 27.2 Å². The average Bonchev–Trinajstić information content (AvgIpc) is 2.77. The Hall–Kier alpha value is -1.77. The second kappa shape index (κ2) is 6.38. The molecule has 1 aliphatic heterocycles. The number of fused-ring (bicyclic) bond motifs is 1. The van der Waals surface area contributed by atoms with Crippen LogP contribution in [0.4, 0.5) is 8.68 Å². The van der Waals surface area contributed by atoms with Gasteiger partial charge in [-0.05, 0) is 27.7 Å². The molecule has 0 radical (unpaired) electrons. The lowest BCUT2D eigenvalue weighted by Crippen LogP contribution is -2.50. The van der Waals surface area contributed by atoms with Gasteiger partial charge in [0.15, 0.2) is 12.3 Å². The largest absolute Gasteiger partial charge is 0.467 e. The van der Waals surface area contributed by atoms with Gasteiger partial charge < -0.3 is 9.47 Å².